The maximum atomic E-state index is 13.1. The van der Waals surface area contributed by atoms with Gasteiger partial charge >= 0.3 is 39.5 Å². The number of unbranched alkanes of at least 4 members (excludes halogenated alkanes) is 17. The van der Waals surface area contributed by atoms with Crippen LogP contribution in [0.3, 0.4) is 0 Å². The minimum Gasteiger partial charge on any atom is -0.462 e. The lowest BCUT2D eigenvalue weighted by molar-refractivity contribution is -0.161. The fourth-order valence-corrected chi connectivity index (χ4v) is 11.4. The lowest BCUT2D eigenvalue weighted by Crippen LogP contribution is -2.30. The van der Waals surface area contributed by atoms with Gasteiger partial charge in [-0.2, -0.15) is 0 Å². The highest BCUT2D eigenvalue weighted by Gasteiger charge is 2.30. The van der Waals surface area contributed by atoms with Crippen molar-refractivity contribution in [2.75, 3.05) is 39.6 Å². The zero-order valence-electron chi connectivity index (χ0n) is 65.5. The Morgan fingerprint density at radius 2 is 0.500 bits per heavy atom. The predicted octanol–water partition coefficient (Wildman–Crippen LogP) is 23.6. The Labute approximate surface area is 641 Å². The summed E-state index contributed by atoms with van der Waals surface area (Å²) >= 11 is 0. The first-order chi connectivity index (χ1) is 51.7. The number of aliphatic hydroxyl groups is 1. The smallest absolute Gasteiger partial charge is 0.462 e. The highest BCUT2D eigenvalue weighted by atomic mass is 31.2. The summed E-state index contributed by atoms with van der Waals surface area (Å²) < 4.78 is 68.5. The first kappa shape index (κ1) is 100. The average Bonchev–Trinajstić information content (AvgIpc) is 0.901. The van der Waals surface area contributed by atoms with Crippen LogP contribution >= 0.6 is 15.6 Å². The molecule has 0 spiro atoms. The third-order valence-corrected chi connectivity index (χ3v) is 17.7. The largest absolute Gasteiger partial charge is 0.472 e. The number of rotatable bonds is 73. The molecule has 0 aliphatic carbocycles. The van der Waals surface area contributed by atoms with Crippen LogP contribution in [0.1, 0.15) is 285 Å². The van der Waals surface area contributed by atoms with Gasteiger partial charge in [-0.05, 0) is 167 Å². The summed E-state index contributed by atoms with van der Waals surface area (Å²) in [6.45, 7) is 4.34. The third-order valence-electron chi connectivity index (χ3n) is 15.8. The molecule has 106 heavy (non-hydrogen) atoms. The van der Waals surface area contributed by atoms with E-state index >= 15 is 0 Å². The fourth-order valence-electron chi connectivity index (χ4n) is 9.84. The number of carbonyl (C=O) groups excluding carboxylic acids is 4. The predicted molar refractivity (Wildman–Crippen MR) is 436 cm³/mol. The Morgan fingerprint density at radius 3 is 0.811 bits per heavy atom. The number of hydrogen-bond acceptors (Lipinski definition) is 15. The fraction of sp³-hybridized carbons (Fsp3) is 0.609. The van der Waals surface area contributed by atoms with Crippen molar-refractivity contribution in [1.29, 1.82) is 0 Å². The normalized spacial score (nSPS) is 14.8. The van der Waals surface area contributed by atoms with Crippen LogP contribution in [0.5, 0.6) is 0 Å². The quantitative estimate of drug-likeness (QED) is 0.0169. The molecule has 0 saturated carbocycles. The molecule has 0 aliphatic rings. The molecule has 19 heteroatoms. The Kier molecular flexibility index (Phi) is 73.1. The van der Waals surface area contributed by atoms with Crippen LogP contribution in [-0.4, -0.2) is 96.7 Å². The number of esters is 4. The Hall–Kier alpha value is -5.84. The number of hydrogen-bond donors (Lipinski definition) is 3. The van der Waals surface area contributed by atoms with Gasteiger partial charge in [-0.3, -0.25) is 37.3 Å². The van der Waals surface area contributed by atoms with Gasteiger partial charge in [-0.1, -0.05) is 274 Å². The molecular formula is C87H140O17P2. The minimum absolute atomic E-state index is 0.00567. The van der Waals surface area contributed by atoms with Gasteiger partial charge in [0.2, 0.25) is 0 Å². The lowest BCUT2D eigenvalue weighted by atomic mass is 10.1. The number of phosphoric acid groups is 2. The first-order valence-corrected chi connectivity index (χ1v) is 43.0. The summed E-state index contributed by atoms with van der Waals surface area (Å²) in [6, 6.07) is 0. The molecule has 0 rings (SSSR count). The zero-order chi connectivity index (χ0) is 77.4. The maximum absolute atomic E-state index is 13.1. The highest BCUT2D eigenvalue weighted by Crippen LogP contribution is 2.45. The van der Waals surface area contributed by atoms with E-state index in [4.69, 9.17) is 37.0 Å². The Morgan fingerprint density at radius 1 is 0.274 bits per heavy atom. The van der Waals surface area contributed by atoms with Crippen molar-refractivity contribution in [3.8, 4) is 0 Å². The van der Waals surface area contributed by atoms with Crippen molar-refractivity contribution in [1.82, 2.24) is 0 Å². The van der Waals surface area contributed by atoms with Crippen LogP contribution in [0, 0.1) is 0 Å². The van der Waals surface area contributed by atoms with Gasteiger partial charge in [0.1, 0.15) is 19.3 Å². The molecular weight excluding hydrogens is 1380 g/mol. The van der Waals surface area contributed by atoms with Crippen molar-refractivity contribution >= 4 is 39.5 Å². The molecule has 17 nitrogen and oxygen atoms in total. The molecule has 600 valence electrons. The third kappa shape index (κ3) is 76.4. The van der Waals surface area contributed by atoms with Crippen LogP contribution in [-0.2, 0) is 65.4 Å². The van der Waals surface area contributed by atoms with Crippen molar-refractivity contribution < 1.29 is 80.2 Å². The van der Waals surface area contributed by atoms with E-state index in [1.54, 1.807) is 0 Å². The summed E-state index contributed by atoms with van der Waals surface area (Å²) in [5.74, 6) is -2.32. The minimum atomic E-state index is -5.01. The van der Waals surface area contributed by atoms with E-state index in [0.29, 0.717) is 32.1 Å². The standard InChI is InChI=1S/C87H140O17P2/c1-5-9-13-17-21-25-29-32-35-38-40-43-45-48-52-55-59-63-67-71-84(89)97-77-82(103-86(91)73-69-65-61-57-51-28-24-20-16-12-8-4)79-101-105(93,94)99-75-81(88)76-100-106(95,96)102-80-83(104-87(92)74-70-66-62-58-54-50-47-42-37-34-31-27-23-19-15-11-7-3)78-98-85(90)72-68-64-60-56-53-49-46-44-41-39-36-33-30-26-22-18-14-10-6-2/h9-11,13-15,20-27,32-37,40-41,43-44,47-48,50,52,58,62,81-83,88H,5-8,12,16-19,28-31,38-39,42,45-46,49,51,53-57,59-61,63-80H2,1-4H3,(H,93,94)(H,95,96)/b13-9-,14-10-,15-11-,24-20-,25-21-,26-22-,27-23-,35-32-,36-33-,37-34-,43-40-,44-41-,50-47-,52-48-,62-58-. The van der Waals surface area contributed by atoms with Crippen molar-refractivity contribution in [2.45, 2.75) is 303 Å². The first-order valence-electron chi connectivity index (χ1n) is 40.0. The number of phosphoric ester groups is 2. The van der Waals surface area contributed by atoms with E-state index in [0.717, 1.165) is 186 Å². The van der Waals surface area contributed by atoms with Crippen molar-refractivity contribution in [3.63, 3.8) is 0 Å². The van der Waals surface area contributed by atoms with Gasteiger partial charge < -0.3 is 33.8 Å². The molecule has 5 atom stereocenters. The maximum Gasteiger partial charge on any atom is 0.472 e. The van der Waals surface area contributed by atoms with Gasteiger partial charge in [-0.25, -0.2) is 9.13 Å². The number of ether oxygens (including phenoxy) is 4. The average molecular weight is 1520 g/mol. The van der Waals surface area contributed by atoms with Crippen LogP contribution in [0.15, 0.2) is 182 Å². The number of carbonyl (C=O) groups is 4. The topological polar surface area (TPSA) is 237 Å². The highest BCUT2D eigenvalue weighted by molar-refractivity contribution is 7.47. The number of allylic oxidation sites excluding steroid dienone is 30. The molecule has 0 aromatic carbocycles. The molecule has 0 heterocycles. The molecule has 3 N–H and O–H groups in total. The molecule has 0 saturated heterocycles. The molecule has 0 amide bonds. The van der Waals surface area contributed by atoms with Gasteiger partial charge in [0, 0.05) is 25.7 Å². The molecule has 0 bridgehead atoms. The molecule has 0 aromatic rings. The van der Waals surface area contributed by atoms with Crippen LogP contribution < -0.4 is 0 Å². The van der Waals surface area contributed by atoms with Crippen LogP contribution in [0.2, 0.25) is 0 Å². The van der Waals surface area contributed by atoms with Crippen LogP contribution in [0.4, 0.5) is 0 Å². The van der Waals surface area contributed by atoms with Gasteiger partial charge in [0.25, 0.3) is 0 Å². The van der Waals surface area contributed by atoms with Crippen molar-refractivity contribution in [2.24, 2.45) is 0 Å². The Balaban J connectivity index is 5.44. The summed E-state index contributed by atoms with van der Waals surface area (Å²) in [5, 5.41) is 10.6. The van der Waals surface area contributed by atoms with E-state index in [2.05, 4.69) is 198 Å². The molecule has 0 aromatic heterocycles. The summed E-state index contributed by atoms with van der Waals surface area (Å²) in [4.78, 5) is 73.0. The second-order valence-corrected chi connectivity index (χ2v) is 28.8. The molecule has 0 aliphatic heterocycles. The second-order valence-electron chi connectivity index (χ2n) is 25.9. The van der Waals surface area contributed by atoms with E-state index in [-0.39, 0.29) is 25.7 Å². The monoisotopic (exact) mass is 1520 g/mol. The van der Waals surface area contributed by atoms with E-state index in [9.17, 15) is 43.2 Å². The SMILES string of the molecule is CC/C=C\C/C=C\C/C=C\C/C=C\C/C=C\CCCCCC(=O)OCC(COP(=O)(O)OCC(O)COP(=O)(O)OCC(COC(=O)CCCCCCCC/C=C\C/C=C\C/C=C\C/C=C\CC)OC(=O)CCC/C=C\C/C=C\C/C=C\C/C=C\C/C=C\CC)OC(=O)CCCCCCC/C=C\CCCC. The second kappa shape index (κ2) is 77.3. The molecule has 5 unspecified atom stereocenters. The summed E-state index contributed by atoms with van der Waals surface area (Å²) in [7, 11) is -10.0. The van der Waals surface area contributed by atoms with Gasteiger partial charge in [-0.15, -0.1) is 0 Å². The van der Waals surface area contributed by atoms with E-state index in [1.807, 2.05) is 12.2 Å². The Bertz CT molecular complexity index is 2730. The number of aliphatic hydroxyl groups excluding tert-OH is 1. The lowest BCUT2D eigenvalue weighted by Gasteiger charge is -2.21. The van der Waals surface area contributed by atoms with Crippen LogP contribution in [0.25, 0.3) is 0 Å². The van der Waals surface area contributed by atoms with Crippen molar-refractivity contribution in [3.05, 3.63) is 182 Å². The van der Waals surface area contributed by atoms with Gasteiger partial charge in [0.05, 0.1) is 26.4 Å². The molecule has 0 fully saturated rings. The zero-order valence-corrected chi connectivity index (χ0v) is 67.3. The van der Waals surface area contributed by atoms with E-state index in [1.165, 1.54) is 12.8 Å². The summed E-state index contributed by atoms with van der Waals surface area (Å²) in [5.41, 5.74) is 0. The summed E-state index contributed by atoms with van der Waals surface area (Å²) in [6.07, 6.45) is 93.1. The van der Waals surface area contributed by atoms with Gasteiger partial charge in [0.15, 0.2) is 12.2 Å². The molecule has 0 radical (unpaired) electrons. The van der Waals surface area contributed by atoms with E-state index < -0.39 is 97.5 Å².